The molecule has 4 atom stereocenters. The van der Waals surface area contributed by atoms with Gasteiger partial charge < -0.3 is 20.1 Å². The summed E-state index contributed by atoms with van der Waals surface area (Å²) in [6.07, 6.45) is -3.13. The van der Waals surface area contributed by atoms with Crippen LogP contribution < -0.4 is 0 Å². The molecule has 1 heterocycles. The van der Waals surface area contributed by atoms with Crippen molar-refractivity contribution in [3.8, 4) is 0 Å². The van der Waals surface area contributed by atoms with Crippen molar-refractivity contribution < 1.29 is 20.1 Å². The molecule has 4 nitrogen and oxygen atoms in total. The SMILES string of the molecule is OC1OC[C@@H](O)[C@H](S)[C@@H]1O. The lowest BCUT2D eigenvalue weighted by molar-refractivity contribution is -0.207. The molecule has 10 heavy (non-hydrogen) atoms. The summed E-state index contributed by atoms with van der Waals surface area (Å²) < 4.78 is 4.58. The first kappa shape index (κ1) is 8.29. The summed E-state index contributed by atoms with van der Waals surface area (Å²) in [7, 11) is 0. The first-order valence-corrected chi connectivity index (χ1v) is 3.48. The number of aliphatic hydroxyl groups is 3. The van der Waals surface area contributed by atoms with E-state index in [1.165, 1.54) is 0 Å². The fourth-order valence-electron chi connectivity index (χ4n) is 0.791. The minimum atomic E-state index is -1.22. The molecule has 60 valence electrons. The van der Waals surface area contributed by atoms with E-state index >= 15 is 0 Å². The van der Waals surface area contributed by atoms with Crippen molar-refractivity contribution in [3.05, 3.63) is 0 Å². The number of rotatable bonds is 0. The van der Waals surface area contributed by atoms with E-state index in [9.17, 15) is 0 Å². The Hall–Kier alpha value is 0.190. The third kappa shape index (κ3) is 1.43. The summed E-state index contributed by atoms with van der Waals surface area (Å²) in [6, 6.07) is 0. The molecule has 0 aromatic carbocycles. The van der Waals surface area contributed by atoms with Gasteiger partial charge in [-0.05, 0) is 0 Å². The third-order valence-electron chi connectivity index (χ3n) is 1.47. The van der Waals surface area contributed by atoms with Gasteiger partial charge in [0.1, 0.15) is 6.10 Å². The number of hydrogen-bond acceptors (Lipinski definition) is 5. The zero-order valence-electron chi connectivity index (χ0n) is 5.21. The lowest BCUT2D eigenvalue weighted by Crippen LogP contribution is -2.50. The van der Waals surface area contributed by atoms with Crippen LogP contribution in [0.1, 0.15) is 0 Å². The van der Waals surface area contributed by atoms with Crippen molar-refractivity contribution in [1.29, 1.82) is 0 Å². The molecule has 0 radical (unpaired) electrons. The average molecular weight is 166 g/mol. The third-order valence-corrected chi connectivity index (χ3v) is 2.12. The van der Waals surface area contributed by atoms with Gasteiger partial charge in [0.2, 0.25) is 0 Å². The molecular formula is C5H10O4S. The van der Waals surface area contributed by atoms with Crippen LogP contribution in [0.4, 0.5) is 0 Å². The second kappa shape index (κ2) is 3.06. The van der Waals surface area contributed by atoms with Crippen LogP contribution in [0.5, 0.6) is 0 Å². The van der Waals surface area contributed by atoms with Gasteiger partial charge in [0.15, 0.2) is 6.29 Å². The van der Waals surface area contributed by atoms with Gasteiger partial charge in [-0.2, -0.15) is 12.6 Å². The first-order valence-electron chi connectivity index (χ1n) is 2.97. The summed E-state index contributed by atoms with van der Waals surface area (Å²) in [5.41, 5.74) is 0. The second-order valence-electron chi connectivity index (χ2n) is 2.27. The highest BCUT2D eigenvalue weighted by atomic mass is 32.1. The van der Waals surface area contributed by atoms with Crippen molar-refractivity contribution in [1.82, 2.24) is 0 Å². The van der Waals surface area contributed by atoms with Crippen molar-refractivity contribution in [3.63, 3.8) is 0 Å². The topological polar surface area (TPSA) is 69.9 Å². The summed E-state index contributed by atoms with van der Waals surface area (Å²) in [5.74, 6) is 0. The Bertz CT molecular complexity index is 106. The fourth-order valence-corrected chi connectivity index (χ4v) is 1.02. The van der Waals surface area contributed by atoms with E-state index in [4.69, 9.17) is 15.3 Å². The van der Waals surface area contributed by atoms with Gasteiger partial charge in [0.05, 0.1) is 18.0 Å². The molecule has 1 aliphatic heterocycles. The second-order valence-corrected chi connectivity index (χ2v) is 2.87. The van der Waals surface area contributed by atoms with E-state index in [2.05, 4.69) is 17.4 Å². The smallest absolute Gasteiger partial charge is 0.182 e. The Labute approximate surface area is 63.8 Å². The van der Waals surface area contributed by atoms with Crippen LogP contribution in [-0.4, -0.2) is 45.7 Å². The number of ether oxygens (including phenoxy) is 1. The Morgan fingerprint density at radius 3 is 2.40 bits per heavy atom. The molecular weight excluding hydrogens is 156 g/mol. The van der Waals surface area contributed by atoms with E-state index < -0.39 is 23.7 Å². The number of aliphatic hydroxyl groups excluding tert-OH is 3. The molecule has 1 rings (SSSR count). The van der Waals surface area contributed by atoms with E-state index in [-0.39, 0.29) is 6.61 Å². The molecule has 1 unspecified atom stereocenters. The summed E-state index contributed by atoms with van der Waals surface area (Å²) >= 11 is 3.87. The van der Waals surface area contributed by atoms with Gasteiger partial charge in [-0.3, -0.25) is 0 Å². The minimum Gasteiger partial charge on any atom is -0.389 e. The molecule has 0 aromatic rings. The van der Waals surface area contributed by atoms with E-state index in [1.807, 2.05) is 0 Å². The summed E-state index contributed by atoms with van der Waals surface area (Å²) in [4.78, 5) is 0. The van der Waals surface area contributed by atoms with Crippen LogP contribution in [0.25, 0.3) is 0 Å². The molecule has 0 amide bonds. The molecule has 0 aromatic heterocycles. The Kier molecular flexibility index (Phi) is 2.54. The predicted molar refractivity (Wildman–Crippen MR) is 36.7 cm³/mol. The number of thiol groups is 1. The van der Waals surface area contributed by atoms with Crippen LogP contribution >= 0.6 is 12.6 Å². The molecule has 1 saturated heterocycles. The molecule has 5 heteroatoms. The van der Waals surface area contributed by atoms with Crippen LogP contribution in [0.15, 0.2) is 0 Å². The van der Waals surface area contributed by atoms with Gasteiger partial charge in [0, 0.05) is 0 Å². The van der Waals surface area contributed by atoms with E-state index in [0.717, 1.165) is 0 Å². The molecule has 0 aliphatic carbocycles. The standard InChI is InChI=1S/C5H10O4S/c6-2-1-9-5(8)3(7)4(2)10/h2-8,10H,1H2/t2-,3+,4+,5?/m1/s1. The quantitative estimate of drug-likeness (QED) is 0.326. The summed E-state index contributed by atoms with van der Waals surface area (Å²) in [5, 5.41) is 26.2. The summed E-state index contributed by atoms with van der Waals surface area (Å²) in [6.45, 7) is 0.0202. The maximum Gasteiger partial charge on any atom is 0.182 e. The van der Waals surface area contributed by atoms with E-state index in [1.54, 1.807) is 0 Å². The highest BCUT2D eigenvalue weighted by molar-refractivity contribution is 7.81. The Morgan fingerprint density at radius 1 is 1.30 bits per heavy atom. The number of hydrogen-bond donors (Lipinski definition) is 4. The highest BCUT2D eigenvalue weighted by Crippen LogP contribution is 2.17. The molecule has 0 bridgehead atoms. The van der Waals surface area contributed by atoms with Crippen LogP contribution in [-0.2, 0) is 4.74 Å². The van der Waals surface area contributed by atoms with Crippen molar-refractivity contribution in [2.45, 2.75) is 23.7 Å². The van der Waals surface area contributed by atoms with Crippen LogP contribution in [0.2, 0.25) is 0 Å². The lowest BCUT2D eigenvalue weighted by atomic mass is 10.1. The molecule has 3 N–H and O–H groups in total. The monoisotopic (exact) mass is 166 g/mol. The maximum atomic E-state index is 9.01. The molecule has 1 aliphatic rings. The van der Waals surface area contributed by atoms with Crippen molar-refractivity contribution in [2.75, 3.05) is 6.61 Å². The zero-order chi connectivity index (χ0) is 7.72. The van der Waals surface area contributed by atoms with E-state index in [0.29, 0.717) is 0 Å². The largest absolute Gasteiger partial charge is 0.389 e. The first-order chi connectivity index (χ1) is 4.63. The minimum absolute atomic E-state index is 0.0202. The van der Waals surface area contributed by atoms with Gasteiger partial charge in [0.25, 0.3) is 0 Å². The van der Waals surface area contributed by atoms with Crippen molar-refractivity contribution in [2.24, 2.45) is 0 Å². The molecule has 1 fully saturated rings. The Balaban J connectivity index is 2.52. The van der Waals surface area contributed by atoms with Gasteiger partial charge in [-0.25, -0.2) is 0 Å². The lowest BCUT2D eigenvalue weighted by Gasteiger charge is -2.32. The molecule has 0 spiro atoms. The maximum absolute atomic E-state index is 9.01. The highest BCUT2D eigenvalue weighted by Gasteiger charge is 2.35. The normalized spacial score (nSPS) is 49.2. The van der Waals surface area contributed by atoms with Gasteiger partial charge in [-0.15, -0.1) is 0 Å². The van der Waals surface area contributed by atoms with Crippen LogP contribution in [0.3, 0.4) is 0 Å². The van der Waals surface area contributed by atoms with Gasteiger partial charge in [-0.1, -0.05) is 0 Å². The van der Waals surface area contributed by atoms with Gasteiger partial charge >= 0.3 is 0 Å². The van der Waals surface area contributed by atoms with Crippen LogP contribution in [0, 0.1) is 0 Å². The Morgan fingerprint density at radius 2 is 1.90 bits per heavy atom. The molecule has 0 saturated carbocycles. The zero-order valence-corrected chi connectivity index (χ0v) is 6.11. The van der Waals surface area contributed by atoms with Crippen molar-refractivity contribution >= 4 is 12.6 Å². The average Bonchev–Trinajstić information content (AvgIpc) is 1.93. The predicted octanol–water partition coefficient (Wildman–Crippen LogP) is -1.64. The fraction of sp³-hybridized carbons (Fsp3) is 1.00.